The summed E-state index contributed by atoms with van der Waals surface area (Å²) in [5.41, 5.74) is 0. The maximum Gasteiger partial charge on any atom is 0.306 e. The molecule has 0 aromatic rings. The molecule has 0 rings (SSSR count). The Hall–Kier alpha value is -2.92. The Morgan fingerprint density at radius 3 is 1.10 bits per heavy atom. The predicted octanol–water partition coefficient (Wildman–Crippen LogP) is 20.0. The van der Waals surface area contributed by atoms with Crippen LogP contribution in [0.15, 0.2) is 85.1 Å². The van der Waals surface area contributed by atoms with Gasteiger partial charge in [0, 0.05) is 19.4 Å². The lowest BCUT2D eigenvalue weighted by atomic mass is 10.1. The van der Waals surface area contributed by atoms with Crippen molar-refractivity contribution < 1.29 is 23.8 Å². The summed E-state index contributed by atoms with van der Waals surface area (Å²) in [5, 5.41) is 0. The summed E-state index contributed by atoms with van der Waals surface area (Å²) < 4.78 is 17.5. The minimum atomic E-state index is -0.556. The van der Waals surface area contributed by atoms with Gasteiger partial charge in [-0.1, -0.05) is 234 Å². The normalized spacial score (nSPS) is 12.8. The molecule has 0 radical (unpaired) electrons. The molecule has 1 atom stereocenters. The third-order valence-electron chi connectivity index (χ3n) is 12.4. The molecular formula is C63H110O5. The Labute approximate surface area is 422 Å². The molecule has 0 N–H and O–H groups in total. The first kappa shape index (κ1) is 65.1. The van der Waals surface area contributed by atoms with Gasteiger partial charge in [-0.05, 0) is 116 Å². The van der Waals surface area contributed by atoms with E-state index in [1.165, 1.54) is 154 Å². The van der Waals surface area contributed by atoms with E-state index in [1.54, 1.807) is 0 Å². The number of rotatable bonds is 53. The van der Waals surface area contributed by atoms with Crippen LogP contribution < -0.4 is 0 Å². The Kier molecular flexibility index (Phi) is 55.9. The SMILES string of the molecule is CC/C=C\C/C=C\C/C=C\C/C=C\CCCCCCCOCC(COC(=O)CCCCCCCCC/C=C\C/C=C\CCCCC)OC(=O)CCCCCCCCC/C=C\CCCCCCCC. The molecule has 0 bridgehead atoms. The molecule has 1 unspecified atom stereocenters. The highest BCUT2D eigenvalue weighted by atomic mass is 16.6. The molecule has 0 spiro atoms. The first-order valence-electron chi connectivity index (χ1n) is 29.1. The zero-order valence-electron chi connectivity index (χ0n) is 45.1. The quantitative estimate of drug-likeness (QED) is 0.0345. The second kappa shape index (κ2) is 58.4. The number of hydrogen-bond donors (Lipinski definition) is 0. The highest BCUT2D eigenvalue weighted by Gasteiger charge is 2.17. The van der Waals surface area contributed by atoms with Gasteiger partial charge in [-0.25, -0.2) is 0 Å². The van der Waals surface area contributed by atoms with Crippen LogP contribution in [0.5, 0.6) is 0 Å². The summed E-state index contributed by atoms with van der Waals surface area (Å²) in [6, 6.07) is 0. The highest BCUT2D eigenvalue weighted by Crippen LogP contribution is 2.15. The van der Waals surface area contributed by atoms with Crippen molar-refractivity contribution in [1.82, 2.24) is 0 Å². The van der Waals surface area contributed by atoms with Crippen molar-refractivity contribution in [3.8, 4) is 0 Å². The molecule has 392 valence electrons. The van der Waals surface area contributed by atoms with Crippen molar-refractivity contribution in [1.29, 1.82) is 0 Å². The Bertz CT molecular complexity index is 1250. The van der Waals surface area contributed by atoms with Gasteiger partial charge in [0.05, 0.1) is 6.61 Å². The van der Waals surface area contributed by atoms with E-state index in [1.807, 2.05) is 0 Å². The van der Waals surface area contributed by atoms with Crippen molar-refractivity contribution in [3.63, 3.8) is 0 Å². The fourth-order valence-electron chi connectivity index (χ4n) is 8.06. The minimum absolute atomic E-state index is 0.0692. The third kappa shape index (κ3) is 55.7. The van der Waals surface area contributed by atoms with E-state index in [9.17, 15) is 9.59 Å². The third-order valence-corrected chi connectivity index (χ3v) is 12.4. The maximum atomic E-state index is 12.9. The van der Waals surface area contributed by atoms with Gasteiger partial charge >= 0.3 is 11.9 Å². The molecule has 68 heavy (non-hydrogen) atoms. The number of hydrogen-bond acceptors (Lipinski definition) is 5. The molecule has 5 nitrogen and oxygen atoms in total. The second-order valence-corrected chi connectivity index (χ2v) is 19.2. The summed E-state index contributed by atoms with van der Waals surface area (Å²) in [5.74, 6) is -0.417. The largest absolute Gasteiger partial charge is 0.462 e. The summed E-state index contributed by atoms with van der Waals surface area (Å²) in [4.78, 5) is 25.5. The van der Waals surface area contributed by atoms with E-state index >= 15 is 0 Å². The second-order valence-electron chi connectivity index (χ2n) is 19.2. The zero-order valence-corrected chi connectivity index (χ0v) is 45.1. The molecule has 0 saturated carbocycles. The number of carbonyl (C=O) groups is 2. The number of unbranched alkanes of at least 4 members (excludes halogenated alkanes) is 28. The van der Waals surface area contributed by atoms with E-state index in [2.05, 4.69) is 106 Å². The fourth-order valence-corrected chi connectivity index (χ4v) is 8.06. The highest BCUT2D eigenvalue weighted by molar-refractivity contribution is 5.70. The van der Waals surface area contributed by atoms with Gasteiger partial charge in [0.25, 0.3) is 0 Å². The molecule has 0 aliphatic heterocycles. The van der Waals surface area contributed by atoms with E-state index in [4.69, 9.17) is 14.2 Å². The van der Waals surface area contributed by atoms with Crippen LogP contribution in [0.2, 0.25) is 0 Å². The minimum Gasteiger partial charge on any atom is -0.462 e. The van der Waals surface area contributed by atoms with Crippen molar-refractivity contribution >= 4 is 11.9 Å². The Balaban J connectivity index is 4.34. The van der Waals surface area contributed by atoms with Crippen molar-refractivity contribution in [2.24, 2.45) is 0 Å². The monoisotopic (exact) mass is 947 g/mol. The number of carbonyl (C=O) groups excluding carboxylic acids is 2. The molecule has 0 fully saturated rings. The molecule has 0 aromatic heterocycles. The van der Waals surface area contributed by atoms with Crippen LogP contribution in [0.25, 0.3) is 0 Å². The molecule has 0 aliphatic rings. The topological polar surface area (TPSA) is 61.8 Å². The summed E-state index contributed by atoms with van der Waals surface area (Å²) in [6.45, 7) is 7.66. The lowest BCUT2D eigenvalue weighted by molar-refractivity contribution is -0.163. The van der Waals surface area contributed by atoms with E-state index < -0.39 is 6.10 Å². The van der Waals surface area contributed by atoms with E-state index in [0.717, 1.165) is 89.9 Å². The lowest BCUT2D eigenvalue weighted by Crippen LogP contribution is -2.30. The molecule has 0 amide bonds. The van der Waals surface area contributed by atoms with Crippen LogP contribution in [0.1, 0.15) is 278 Å². The van der Waals surface area contributed by atoms with E-state index in [-0.39, 0.29) is 25.2 Å². The molecule has 0 aliphatic carbocycles. The van der Waals surface area contributed by atoms with E-state index in [0.29, 0.717) is 19.4 Å². The number of esters is 2. The van der Waals surface area contributed by atoms with Crippen molar-refractivity contribution in [3.05, 3.63) is 85.1 Å². The van der Waals surface area contributed by atoms with Gasteiger partial charge in [0.2, 0.25) is 0 Å². The van der Waals surface area contributed by atoms with Crippen LogP contribution in [-0.4, -0.2) is 37.9 Å². The molecular weight excluding hydrogens is 837 g/mol. The summed E-state index contributed by atoms with van der Waals surface area (Å²) in [6.07, 6.45) is 77.4. The zero-order chi connectivity index (χ0) is 49.2. The van der Waals surface area contributed by atoms with Crippen LogP contribution >= 0.6 is 0 Å². The number of allylic oxidation sites excluding steroid dienone is 14. The first-order valence-corrected chi connectivity index (χ1v) is 29.1. The first-order chi connectivity index (χ1) is 33.6. The van der Waals surface area contributed by atoms with Gasteiger partial charge in [-0.15, -0.1) is 0 Å². The summed E-state index contributed by atoms with van der Waals surface area (Å²) in [7, 11) is 0. The van der Waals surface area contributed by atoms with Crippen molar-refractivity contribution in [2.75, 3.05) is 19.8 Å². The Morgan fingerprint density at radius 2 is 0.662 bits per heavy atom. The average molecular weight is 948 g/mol. The molecule has 0 heterocycles. The molecule has 0 saturated heterocycles. The van der Waals surface area contributed by atoms with Crippen LogP contribution in [0, 0.1) is 0 Å². The van der Waals surface area contributed by atoms with Gasteiger partial charge < -0.3 is 14.2 Å². The van der Waals surface area contributed by atoms with Crippen LogP contribution in [0.3, 0.4) is 0 Å². The molecule has 0 aromatic carbocycles. The van der Waals surface area contributed by atoms with Gasteiger partial charge in [-0.3, -0.25) is 9.59 Å². The Morgan fingerprint density at radius 1 is 0.338 bits per heavy atom. The predicted molar refractivity (Wildman–Crippen MR) is 297 cm³/mol. The summed E-state index contributed by atoms with van der Waals surface area (Å²) >= 11 is 0. The van der Waals surface area contributed by atoms with Crippen LogP contribution in [0.4, 0.5) is 0 Å². The van der Waals surface area contributed by atoms with Gasteiger partial charge in [0.1, 0.15) is 6.61 Å². The standard InChI is InChI=1S/C63H110O5/c1-4-7-10-13-16-19-22-25-28-31-34-37-40-43-46-49-52-55-58-66-59-61(68-63(65)57-54-51-48-45-42-39-36-33-30-27-24-21-18-15-12-9-6-3)60-67-62(64)56-53-50-47-44-41-38-35-32-29-26-23-20-17-14-11-8-5-2/h7,10,16-17,19-20,25-30,34,37,61H,4-6,8-9,11-15,18,21-24,31-33,35-36,38-60H2,1-3H3/b10-7-,19-16-,20-17-,28-25-,29-26-,30-27-,37-34-. The number of ether oxygens (including phenoxy) is 3. The fraction of sp³-hybridized carbons (Fsp3) is 0.746. The van der Waals surface area contributed by atoms with Crippen molar-refractivity contribution in [2.45, 2.75) is 284 Å². The maximum absolute atomic E-state index is 12.9. The van der Waals surface area contributed by atoms with Gasteiger partial charge in [-0.2, -0.15) is 0 Å². The smallest absolute Gasteiger partial charge is 0.306 e. The van der Waals surface area contributed by atoms with Crippen LogP contribution in [-0.2, 0) is 23.8 Å². The van der Waals surface area contributed by atoms with Gasteiger partial charge in [0.15, 0.2) is 6.10 Å². The average Bonchev–Trinajstić information content (AvgIpc) is 3.34. The lowest BCUT2D eigenvalue weighted by Gasteiger charge is -2.18. The molecule has 5 heteroatoms.